The standard InChI is InChI=1S/C11H22O2/c1-3-5-7-10(4-2)8-6-9-11(12)13/h10H,3-9H2,1-2H3,(H,12,13). The molecule has 0 radical (unpaired) electrons. The first-order valence-corrected chi connectivity index (χ1v) is 5.42. The topological polar surface area (TPSA) is 37.3 Å². The summed E-state index contributed by atoms with van der Waals surface area (Å²) in [6.07, 6.45) is 7.26. The van der Waals surface area contributed by atoms with E-state index in [9.17, 15) is 4.79 Å². The first-order chi connectivity index (χ1) is 6.20. The van der Waals surface area contributed by atoms with E-state index < -0.39 is 5.97 Å². The first kappa shape index (κ1) is 12.5. The van der Waals surface area contributed by atoms with E-state index in [4.69, 9.17) is 5.11 Å². The van der Waals surface area contributed by atoms with Crippen LogP contribution < -0.4 is 0 Å². The Kier molecular flexibility index (Phi) is 7.76. The van der Waals surface area contributed by atoms with Gasteiger partial charge in [-0.2, -0.15) is 0 Å². The molecule has 0 amide bonds. The van der Waals surface area contributed by atoms with Crippen molar-refractivity contribution in [3.8, 4) is 0 Å². The van der Waals surface area contributed by atoms with E-state index in [1.54, 1.807) is 0 Å². The fourth-order valence-electron chi connectivity index (χ4n) is 1.59. The lowest BCUT2D eigenvalue weighted by Gasteiger charge is -2.12. The van der Waals surface area contributed by atoms with E-state index >= 15 is 0 Å². The number of unbranched alkanes of at least 4 members (excludes halogenated alkanes) is 1. The Hall–Kier alpha value is -0.530. The summed E-state index contributed by atoms with van der Waals surface area (Å²) in [5.74, 6) is 0.0876. The lowest BCUT2D eigenvalue weighted by molar-refractivity contribution is -0.137. The Morgan fingerprint density at radius 2 is 1.85 bits per heavy atom. The van der Waals surface area contributed by atoms with Gasteiger partial charge in [0.15, 0.2) is 0 Å². The zero-order chi connectivity index (χ0) is 10.1. The summed E-state index contributed by atoms with van der Waals surface area (Å²) >= 11 is 0. The van der Waals surface area contributed by atoms with Crippen LogP contribution in [0.1, 0.15) is 58.8 Å². The van der Waals surface area contributed by atoms with Gasteiger partial charge >= 0.3 is 5.97 Å². The van der Waals surface area contributed by atoms with E-state index in [2.05, 4.69) is 13.8 Å². The number of carboxylic acid groups (broad SMARTS) is 1. The molecule has 0 rings (SSSR count). The lowest BCUT2D eigenvalue weighted by atomic mass is 9.94. The van der Waals surface area contributed by atoms with Crippen molar-refractivity contribution in [2.75, 3.05) is 0 Å². The van der Waals surface area contributed by atoms with Crippen LogP contribution in [0.3, 0.4) is 0 Å². The van der Waals surface area contributed by atoms with Crippen molar-refractivity contribution in [1.29, 1.82) is 0 Å². The van der Waals surface area contributed by atoms with Gasteiger partial charge in [-0.25, -0.2) is 0 Å². The number of carboxylic acids is 1. The second kappa shape index (κ2) is 8.09. The highest BCUT2D eigenvalue weighted by Gasteiger charge is 2.06. The van der Waals surface area contributed by atoms with Gasteiger partial charge in [0, 0.05) is 6.42 Å². The zero-order valence-electron chi connectivity index (χ0n) is 8.88. The van der Waals surface area contributed by atoms with Crippen molar-refractivity contribution >= 4 is 5.97 Å². The molecular weight excluding hydrogens is 164 g/mol. The minimum atomic E-state index is -0.662. The number of hydrogen-bond donors (Lipinski definition) is 1. The number of carbonyl (C=O) groups is 1. The fourth-order valence-corrected chi connectivity index (χ4v) is 1.59. The predicted molar refractivity (Wildman–Crippen MR) is 54.8 cm³/mol. The van der Waals surface area contributed by atoms with Crippen molar-refractivity contribution in [2.24, 2.45) is 5.92 Å². The van der Waals surface area contributed by atoms with Gasteiger partial charge in [-0.05, 0) is 18.8 Å². The molecule has 13 heavy (non-hydrogen) atoms. The van der Waals surface area contributed by atoms with Crippen molar-refractivity contribution in [2.45, 2.75) is 58.8 Å². The van der Waals surface area contributed by atoms with Gasteiger partial charge in [-0.3, -0.25) is 4.79 Å². The summed E-state index contributed by atoms with van der Waals surface area (Å²) in [6, 6.07) is 0. The van der Waals surface area contributed by atoms with Crippen LogP contribution in [-0.2, 0) is 4.79 Å². The molecule has 2 heteroatoms. The lowest BCUT2D eigenvalue weighted by Crippen LogP contribution is -2.01. The highest BCUT2D eigenvalue weighted by molar-refractivity contribution is 5.66. The van der Waals surface area contributed by atoms with Crippen molar-refractivity contribution in [3.05, 3.63) is 0 Å². The summed E-state index contributed by atoms with van der Waals surface area (Å²) in [5.41, 5.74) is 0. The van der Waals surface area contributed by atoms with Crippen molar-refractivity contribution < 1.29 is 9.90 Å². The molecule has 0 saturated heterocycles. The van der Waals surface area contributed by atoms with Crippen LogP contribution in [0.5, 0.6) is 0 Å². The molecule has 0 spiro atoms. The maximum Gasteiger partial charge on any atom is 0.303 e. The summed E-state index contributed by atoms with van der Waals surface area (Å²) in [4.78, 5) is 10.3. The molecule has 1 N–H and O–H groups in total. The summed E-state index contributed by atoms with van der Waals surface area (Å²) in [7, 11) is 0. The molecule has 0 aliphatic carbocycles. The van der Waals surface area contributed by atoms with Gasteiger partial charge in [-0.15, -0.1) is 0 Å². The van der Waals surface area contributed by atoms with E-state index in [0.29, 0.717) is 6.42 Å². The third-order valence-electron chi connectivity index (χ3n) is 2.55. The van der Waals surface area contributed by atoms with E-state index in [-0.39, 0.29) is 0 Å². The molecule has 0 aliphatic heterocycles. The minimum absolute atomic E-state index is 0.336. The Bertz CT molecular complexity index is 132. The first-order valence-electron chi connectivity index (χ1n) is 5.42. The molecule has 0 saturated carbocycles. The molecule has 0 aromatic rings. The van der Waals surface area contributed by atoms with Crippen LogP contribution in [0.25, 0.3) is 0 Å². The molecule has 0 bridgehead atoms. The van der Waals surface area contributed by atoms with Crippen LogP contribution in [0.2, 0.25) is 0 Å². The average Bonchev–Trinajstić information content (AvgIpc) is 2.10. The van der Waals surface area contributed by atoms with Gasteiger partial charge < -0.3 is 5.11 Å². The monoisotopic (exact) mass is 186 g/mol. The molecule has 1 atom stereocenters. The Morgan fingerprint density at radius 1 is 1.23 bits per heavy atom. The molecule has 1 unspecified atom stereocenters. The van der Waals surface area contributed by atoms with Crippen molar-refractivity contribution in [3.63, 3.8) is 0 Å². The fraction of sp³-hybridized carbons (Fsp3) is 0.909. The summed E-state index contributed by atoms with van der Waals surface area (Å²) < 4.78 is 0. The van der Waals surface area contributed by atoms with E-state index in [0.717, 1.165) is 18.8 Å². The molecule has 0 heterocycles. The van der Waals surface area contributed by atoms with Gasteiger partial charge in [0.2, 0.25) is 0 Å². The van der Waals surface area contributed by atoms with Gasteiger partial charge in [-0.1, -0.05) is 39.5 Å². The van der Waals surface area contributed by atoms with Crippen molar-refractivity contribution in [1.82, 2.24) is 0 Å². The van der Waals surface area contributed by atoms with Crippen LogP contribution in [0.15, 0.2) is 0 Å². The van der Waals surface area contributed by atoms with Crippen LogP contribution in [-0.4, -0.2) is 11.1 Å². The van der Waals surface area contributed by atoms with Crippen LogP contribution in [0, 0.1) is 5.92 Å². The Balaban J connectivity index is 3.41. The van der Waals surface area contributed by atoms with E-state index in [1.165, 1.54) is 25.7 Å². The van der Waals surface area contributed by atoms with Crippen LogP contribution >= 0.6 is 0 Å². The van der Waals surface area contributed by atoms with Crippen LogP contribution in [0.4, 0.5) is 0 Å². The van der Waals surface area contributed by atoms with Gasteiger partial charge in [0.25, 0.3) is 0 Å². The Morgan fingerprint density at radius 3 is 2.31 bits per heavy atom. The third-order valence-corrected chi connectivity index (χ3v) is 2.55. The molecular formula is C11H22O2. The SMILES string of the molecule is CCCCC(CC)CCCC(=O)O. The predicted octanol–water partition coefficient (Wildman–Crippen LogP) is 3.46. The molecule has 0 aromatic heterocycles. The normalized spacial score (nSPS) is 12.8. The maximum atomic E-state index is 10.3. The molecule has 0 aromatic carbocycles. The summed E-state index contributed by atoms with van der Waals surface area (Å²) in [5, 5.41) is 8.48. The highest BCUT2D eigenvalue weighted by atomic mass is 16.4. The highest BCUT2D eigenvalue weighted by Crippen LogP contribution is 2.18. The maximum absolute atomic E-state index is 10.3. The smallest absolute Gasteiger partial charge is 0.303 e. The molecule has 0 fully saturated rings. The number of hydrogen-bond acceptors (Lipinski definition) is 1. The molecule has 2 nitrogen and oxygen atoms in total. The summed E-state index contributed by atoms with van der Waals surface area (Å²) in [6.45, 7) is 4.39. The largest absolute Gasteiger partial charge is 0.481 e. The van der Waals surface area contributed by atoms with E-state index in [1.807, 2.05) is 0 Å². The van der Waals surface area contributed by atoms with Gasteiger partial charge in [0.1, 0.15) is 0 Å². The van der Waals surface area contributed by atoms with Gasteiger partial charge in [0.05, 0.1) is 0 Å². The second-order valence-electron chi connectivity index (χ2n) is 3.70. The number of aliphatic carboxylic acids is 1. The number of rotatable bonds is 8. The minimum Gasteiger partial charge on any atom is -0.481 e. The Labute approximate surface area is 81.3 Å². The molecule has 0 aliphatic rings. The third kappa shape index (κ3) is 7.82. The second-order valence-corrected chi connectivity index (χ2v) is 3.70. The average molecular weight is 186 g/mol. The zero-order valence-corrected chi connectivity index (χ0v) is 8.88. The quantitative estimate of drug-likeness (QED) is 0.630. The molecule has 78 valence electrons.